The molecule has 0 bridgehead atoms. The number of ether oxygens (including phenoxy) is 3. The summed E-state index contributed by atoms with van der Waals surface area (Å²) in [5.41, 5.74) is 0. The smallest absolute Gasteiger partial charge is 0.306 e. The van der Waals surface area contributed by atoms with E-state index in [-0.39, 0.29) is 31.1 Å². The van der Waals surface area contributed by atoms with E-state index >= 15 is 0 Å². The highest BCUT2D eigenvalue weighted by atomic mass is 16.6. The summed E-state index contributed by atoms with van der Waals surface area (Å²) in [4.78, 5) is 37.9. The van der Waals surface area contributed by atoms with Crippen LogP contribution >= 0.6 is 0 Å². The maximum absolute atomic E-state index is 12.8. The highest BCUT2D eigenvalue weighted by molar-refractivity contribution is 5.71. The molecule has 434 valence electrons. The first kappa shape index (κ1) is 71.8. The monoisotopic (exact) mass is 1050 g/mol. The molecule has 0 spiro atoms. The second-order valence-electron chi connectivity index (χ2n) is 21.6. The summed E-state index contributed by atoms with van der Waals surface area (Å²) in [7, 11) is 0. The third kappa shape index (κ3) is 61.6. The molecule has 0 aromatic heterocycles. The summed E-state index contributed by atoms with van der Waals surface area (Å²) >= 11 is 0. The molecule has 0 saturated carbocycles. The molecule has 0 heterocycles. The van der Waals surface area contributed by atoms with Gasteiger partial charge >= 0.3 is 17.9 Å². The van der Waals surface area contributed by atoms with Crippen LogP contribution in [0.25, 0.3) is 0 Å². The van der Waals surface area contributed by atoms with Crippen molar-refractivity contribution in [2.24, 2.45) is 0 Å². The Hall–Kier alpha value is -3.15. The van der Waals surface area contributed by atoms with Gasteiger partial charge < -0.3 is 14.2 Å². The van der Waals surface area contributed by atoms with Crippen molar-refractivity contribution in [2.75, 3.05) is 13.2 Å². The van der Waals surface area contributed by atoms with Crippen molar-refractivity contribution in [1.29, 1.82) is 0 Å². The first-order valence-corrected chi connectivity index (χ1v) is 32.4. The average Bonchev–Trinajstić information content (AvgIpc) is 3.41. The van der Waals surface area contributed by atoms with Crippen LogP contribution in [0, 0.1) is 0 Å². The van der Waals surface area contributed by atoms with Crippen LogP contribution in [0.1, 0.15) is 329 Å². The molecular formula is C69H122O6. The minimum atomic E-state index is -0.772. The van der Waals surface area contributed by atoms with E-state index in [1.807, 2.05) is 0 Å². The Labute approximate surface area is 465 Å². The van der Waals surface area contributed by atoms with Gasteiger partial charge in [0.25, 0.3) is 0 Å². The molecule has 0 amide bonds. The number of allylic oxidation sites excluding steroid dienone is 12. The second kappa shape index (κ2) is 63.4. The highest BCUT2D eigenvalue weighted by Crippen LogP contribution is 2.17. The molecule has 0 aromatic carbocycles. The van der Waals surface area contributed by atoms with Crippen molar-refractivity contribution in [3.8, 4) is 0 Å². The van der Waals surface area contributed by atoms with Gasteiger partial charge in [-0.3, -0.25) is 14.4 Å². The van der Waals surface area contributed by atoms with Gasteiger partial charge in [-0.1, -0.05) is 293 Å². The van der Waals surface area contributed by atoms with Crippen LogP contribution in [0.2, 0.25) is 0 Å². The summed E-state index contributed by atoms with van der Waals surface area (Å²) in [5.74, 6) is -0.878. The fraction of sp³-hybridized carbons (Fsp3) is 0.783. The Morgan fingerprint density at radius 3 is 0.827 bits per heavy atom. The van der Waals surface area contributed by atoms with E-state index in [1.54, 1.807) is 0 Å². The molecule has 0 aliphatic carbocycles. The Morgan fingerprint density at radius 1 is 0.280 bits per heavy atom. The molecule has 0 rings (SSSR count). The first-order valence-electron chi connectivity index (χ1n) is 32.4. The number of hydrogen-bond donors (Lipinski definition) is 0. The molecule has 0 aliphatic rings. The van der Waals surface area contributed by atoms with Gasteiger partial charge in [-0.05, 0) is 89.9 Å². The number of carbonyl (C=O) groups excluding carboxylic acids is 3. The van der Waals surface area contributed by atoms with Crippen molar-refractivity contribution in [3.63, 3.8) is 0 Å². The second-order valence-corrected chi connectivity index (χ2v) is 21.6. The summed E-state index contributed by atoms with van der Waals surface area (Å²) in [6, 6.07) is 0. The van der Waals surface area contributed by atoms with E-state index in [0.29, 0.717) is 19.3 Å². The lowest BCUT2D eigenvalue weighted by Gasteiger charge is -2.18. The van der Waals surface area contributed by atoms with Crippen LogP contribution in [0.5, 0.6) is 0 Å². The number of carbonyl (C=O) groups is 3. The van der Waals surface area contributed by atoms with Crippen LogP contribution in [0.15, 0.2) is 72.9 Å². The van der Waals surface area contributed by atoms with E-state index in [2.05, 4.69) is 93.7 Å². The number of esters is 3. The molecule has 0 N–H and O–H groups in total. The topological polar surface area (TPSA) is 78.9 Å². The molecule has 0 saturated heterocycles. The Balaban J connectivity index is 4.02. The van der Waals surface area contributed by atoms with Gasteiger partial charge in [-0.15, -0.1) is 0 Å². The molecule has 1 atom stereocenters. The van der Waals surface area contributed by atoms with Gasteiger partial charge in [0.2, 0.25) is 0 Å². The van der Waals surface area contributed by atoms with Gasteiger partial charge in [0.15, 0.2) is 6.10 Å². The van der Waals surface area contributed by atoms with Gasteiger partial charge in [0.1, 0.15) is 13.2 Å². The number of unbranched alkanes of at least 4 members (excludes halogenated alkanes) is 36. The molecule has 0 aliphatic heterocycles. The third-order valence-corrected chi connectivity index (χ3v) is 14.2. The maximum atomic E-state index is 12.8. The van der Waals surface area contributed by atoms with Crippen LogP contribution in [-0.4, -0.2) is 37.2 Å². The Morgan fingerprint density at radius 2 is 0.520 bits per heavy atom. The zero-order valence-electron chi connectivity index (χ0n) is 49.8. The lowest BCUT2D eigenvalue weighted by Crippen LogP contribution is -2.30. The van der Waals surface area contributed by atoms with Crippen LogP contribution < -0.4 is 0 Å². The van der Waals surface area contributed by atoms with Crippen molar-refractivity contribution >= 4 is 17.9 Å². The zero-order chi connectivity index (χ0) is 54.3. The van der Waals surface area contributed by atoms with Crippen molar-refractivity contribution in [1.82, 2.24) is 0 Å². The van der Waals surface area contributed by atoms with E-state index in [9.17, 15) is 14.4 Å². The molecule has 0 fully saturated rings. The predicted octanol–water partition coefficient (Wildman–Crippen LogP) is 22.1. The molecule has 0 radical (unpaired) electrons. The van der Waals surface area contributed by atoms with E-state index in [4.69, 9.17) is 14.2 Å². The van der Waals surface area contributed by atoms with Gasteiger partial charge in [0.05, 0.1) is 0 Å². The molecule has 6 heteroatoms. The van der Waals surface area contributed by atoms with Crippen molar-refractivity contribution in [3.05, 3.63) is 72.9 Å². The van der Waals surface area contributed by atoms with E-state index in [0.717, 1.165) is 96.3 Å². The normalized spacial score (nSPS) is 12.5. The molecule has 0 aromatic rings. The largest absolute Gasteiger partial charge is 0.462 e. The van der Waals surface area contributed by atoms with Crippen LogP contribution in [-0.2, 0) is 28.6 Å². The molecule has 75 heavy (non-hydrogen) atoms. The maximum Gasteiger partial charge on any atom is 0.306 e. The van der Waals surface area contributed by atoms with Gasteiger partial charge in [0, 0.05) is 19.3 Å². The van der Waals surface area contributed by atoms with Crippen molar-refractivity contribution < 1.29 is 28.6 Å². The minimum absolute atomic E-state index is 0.0744. The van der Waals surface area contributed by atoms with Crippen molar-refractivity contribution in [2.45, 2.75) is 335 Å². The molecule has 6 nitrogen and oxygen atoms in total. The summed E-state index contributed by atoms with van der Waals surface area (Å²) in [6.07, 6.45) is 82.5. The SMILES string of the molecule is CC/C=C\C/C=C\C/C=C\C/C=C\C/C=C\CCCCCCCCCCCCCC(=O)OCC(COC(=O)CCCCCCC)OC(=O)CCCCCCCCCCCCCCC/C=C\CCCCCCCCCC. The van der Waals surface area contributed by atoms with E-state index in [1.165, 1.54) is 193 Å². The third-order valence-electron chi connectivity index (χ3n) is 14.2. The zero-order valence-corrected chi connectivity index (χ0v) is 49.8. The minimum Gasteiger partial charge on any atom is -0.462 e. The highest BCUT2D eigenvalue weighted by Gasteiger charge is 2.19. The lowest BCUT2D eigenvalue weighted by atomic mass is 10.0. The Bertz CT molecular complexity index is 1390. The fourth-order valence-electron chi connectivity index (χ4n) is 9.35. The van der Waals surface area contributed by atoms with Gasteiger partial charge in [-0.25, -0.2) is 0 Å². The van der Waals surface area contributed by atoms with Crippen LogP contribution in [0.3, 0.4) is 0 Å². The predicted molar refractivity (Wildman–Crippen MR) is 325 cm³/mol. The van der Waals surface area contributed by atoms with Gasteiger partial charge in [-0.2, -0.15) is 0 Å². The Kier molecular flexibility index (Phi) is 60.7. The quantitative estimate of drug-likeness (QED) is 0.0261. The molecular weight excluding hydrogens is 925 g/mol. The summed E-state index contributed by atoms with van der Waals surface area (Å²) in [5, 5.41) is 0. The number of hydrogen-bond acceptors (Lipinski definition) is 6. The average molecular weight is 1050 g/mol. The molecule has 1 unspecified atom stereocenters. The number of rotatable bonds is 59. The van der Waals surface area contributed by atoms with E-state index < -0.39 is 6.10 Å². The summed E-state index contributed by atoms with van der Waals surface area (Å²) < 4.78 is 16.8. The first-order chi connectivity index (χ1) is 37.0. The fourth-order valence-corrected chi connectivity index (χ4v) is 9.35. The van der Waals surface area contributed by atoms with Crippen LogP contribution in [0.4, 0.5) is 0 Å². The summed E-state index contributed by atoms with van der Waals surface area (Å²) in [6.45, 7) is 6.48. The standard InChI is InChI=1S/C69H122O6/c1-4-7-10-13-15-17-19-21-23-25-27-29-31-33-34-36-37-39-41-43-45-47-49-51-53-56-59-62-68(71)74-65-66(64-73-67(70)61-58-55-12-9-6-3)75-69(72)63-60-57-54-52-50-48-46-44-42-40-38-35-32-30-28-26-24-22-20-18-16-14-11-8-5-2/h7,10,15,17,21,23,26-29,33-34,66H,4-6,8-9,11-14,16,18-20,22,24-25,30-32,35-65H2,1-3H3/b10-7-,17-15-,23-21-,28-26-,29-27-,34-33-. The lowest BCUT2D eigenvalue weighted by molar-refractivity contribution is -0.167.